The topological polar surface area (TPSA) is 336 Å². The van der Waals surface area contributed by atoms with E-state index in [1.807, 2.05) is 0 Å². The third kappa shape index (κ3) is 11.4. The molecule has 12 N–H and O–H groups in total. The Kier molecular flexibility index (Phi) is 14.7. The van der Waals surface area contributed by atoms with Gasteiger partial charge in [0.05, 0.1) is 13.2 Å². The van der Waals surface area contributed by atoms with Crippen LogP contribution in [0.5, 0.6) is 5.75 Å². The SMILES string of the molecule is NC(=NCCC[C@@H]1NC(=O)[C@H](Cc2c[nH]c3ccccc23)NC(=O)[C@H](CO)NC(=O)[C@H]2CCCN2C(=O)[C@H](CO)NC(=O)[C@H](Cc2ccc(O)cc2)NC1=O)N[N+](=O)[O-]. The highest BCUT2D eigenvalue weighted by atomic mass is 16.7. The molecule has 2 fully saturated rings. The number of aromatic amines is 1. The number of phenolic OH excluding ortho intramolecular Hbond substituents is 1. The van der Waals surface area contributed by atoms with E-state index in [0.29, 0.717) is 17.5 Å². The van der Waals surface area contributed by atoms with Crippen molar-refractivity contribution < 1.29 is 49.1 Å². The van der Waals surface area contributed by atoms with Crippen molar-refractivity contribution in [1.82, 2.24) is 41.9 Å². The van der Waals surface area contributed by atoms with Crippen LogP contribution in [0.25, 0.3) is 10.9 Å². The minimum Gasteiger partial charge on any atom is -0.508 e. The molecule has 3 aromatic rings. The summed E-state index contributed by atoms with van der Waals surface area (Å²) in [4.78, 5) is 102. The number of aliphatic hydroxyl groups excluding tert-OH is 2. The number of H-pyrrole nitrogens is 1. The summed E-state index contributed by atoms with van der Waals surface area (Å²) >= 11 is 0. The average Bonchev–Trinajstić information content (AvgIpc) is 3.87. The Morgan fingerprint density at radius 2 is 1.41 bits per heavy atom. The van der Waals surface area contributed by atoms with Crippen LogP contribution in [0.15, 0.2) is 59.7 Å². The summed E-state index contributed by atoms with van der Waals surface area (Å²) in [6.45, 7) is -1.85. The zero-order chi connectivity index (χ0) is 42.6. The number of guanidine groups is 1. The summed E-state index contributed by atoms with van der Waals surface area (Å²) < 4.78 is 0. The molecule has 0 aliphatic carbocycles. The molecule has 0 saturated carbocycles. The number of hydrogen-bond donors (Lipinski definition) is 11. The van der Waals surface area contributed by atoms with Crippen molar-refractivity contribution in [1.29, 1.82) is 0 Å². The number of carbonyl (C=O) groups excluding carboxylic acids is 6. The molecule has 1 aromatic heterocycles. The molecule has 22 nitrogen and oxygen atoms in total. The predicted molar refractivity (Wildman–Crippen MR) is 208 cm³/mol. The fourth-order valence-electron chi connectivity index (χ4n) is 6.94. The van der Waals surface area contributed by atoms with Crippen LogP contribution in [-0.4, -0.2) is 134 Å². The fraction of sp³-hybridized carbons (Fsp3) is 0.432. The minimum absolute atomic E-state index is 0.0173. The molecular formula is C37H47N11O11. The summed E-state index contributed by atoms with van der Waals surface area (Å²) in [6.07, 6.45) is 1.71. The van der Waals surface area contributed by atoms with E-state index in [1.165, 1.54) is 24.3 Å². The van der Waals surface area contributed by atoms with Crippen molar-refractivity contribution in [3.8, 4) is 5.75 Å². The van der Waals surface area contributed by atoms with Crippen molar-refractivity contribution in [2.45, 2.75) is 74.8 Å². The van der Waals surface area contributed by atoms with Crippen LogP contribution >= 0.6 is 0 Å². The normalized spacial score (nSPS) is 23.9. The molecule has 3 heterocycles. The van der Waals surface area contributed by atoms with Gasteiger partial charge in [0, 0.05) is 43.0 Å². The summed E-state index contributed by atoms with van der Waals surface area (Å²) in [5, 5.41) is 53.7. The number of nitrogens with two attached hydrogens (primary N) is 1. The maximum atomic E-state index is 14.3. The van der Waals surface area contributed by atoms with E-state index in [4.69, 9.17) is 5.73 Å². The van der Waals surface area contributed by atoms with Crippen molar-refractivity contribution >= 4 is 52.3 Å². The number of nitrogens with one attached hydrogen (secondary N) is 7. The Labute approximate surface area is 336 Å². The molecule has 0 spiro atoms. The first-order chi connectivity index (χ1) is 28.3. The fourth-order valence-corrected chi connectivity index (χ4v) is 6.94. The molecule has 2 aliphatic heterocycles. The third-order valence-corrected chi connectivity index (χ3v) is 9.96. The number of rotatable bonds is 11. The summed E-state index contributed by atoms with van der Waals surface area (Å²) in [6, 6.07) is 4.34. The van der Waals surface area contributed by atoms with Gasteiger partial charge in [0.25, 0.3) is 5.96 Å². The number of aromatic nitrogens is 1. The highest BCUT2D eigenvalue weighted by molar-refractivity contribution is 5.99. The van der Waals surface area contributed by atoms with Crippen molar-refractivity contribution in [2.24, 2.45) is 10.7 Å². The smallest absolute Gasteiger partial charge is 0.251 e. The van der Waals surface area contributed by atoms with Gasteiger partial charge in [-0.1, -0.05) is 35.8 Å². The van der Waals surface area contributed by atoms with E-state index >= 15 is 0 Å². The van der Waals surface area contributed by atoms with Crippen LogP contribution in [0.4, 0.5) is 0 Å². The standard InChI is InChI=1S/C37H47N11O11/c38-37(46-48(58)59)39-13-3-7-25-31(52)42-26(15-20-9-11-22(51)12-10-20)32(53)45-29(19-50)36(57)47-14-4-8-30(47)35(56)44-28(18-49)34(55)43-27(33(54)41-25)16-21-17-40-24-6-2-1-5-23(21)24/h1-2,5-6,9-12,17,25-30,40,49-51H,3-4,7-8,13-16,18-19H2,(H,41,54)(H,42,52)(H,43,55)(H,44,56)(H,45,53)(H3,38,39,46)/t25-,26-,27-,28-,29-,30+/m0/s1. The zero-order valence-electron chi connectivity index (χ0n) is 31.8. The van der Waals surface area contributed by atoms with Gasteiger partial charge in [-0.25, -0.2) is 15.1 Å². The molecule has 6 atom stereocenters. The van der Waals surface area contributed by atoms with Gasteiger partial charge in [0.1, 0.15) is 42.0 Å². The Morgan fingerprint density at radius 3 is 2.08 bits per heavy atom. The number of amides is 6. The predicted octanol–water partition coefficient (Wildman–Crippen LogP) is -3.05. The number of fused-ring (bicyclic) bond motifs is 2. The van der Waals surface area contributed by atoms with E-state index in [0.717, 1.165) is 15.8 Å². The molecule has 59 heavy (non-hydrogen) atoms. The van der Waals surface area contributed by atoms with E-state index in [2.05, 4.69) is 36.6 Å². The lowest BCUT2D eigenvalue weighted by molar-refractivity contribution is -0.525. The van der Waals surface area contributed by atoms with E-state index in [-0.39, 0.29) is 50.9 Å². The number of carbonyl (C=O) groups is 6. The summed E-state index contributed by atoms with van der Waals surface area (Å²) in [5.74, 6) is -5.79. The van der Waals surface area contributed by atoms with E-state index in [9.17, 15) is 54.2 Å². The van der Waals surface area contributed by atoms with Crippen LogP contribution in [-0.2, 0) is 41.6 Å². The number of aliphatic imine (C=N–C) groups is 1. The molecule has 0 unspecified atom stereocenters. The molecule has 0 radical (unpaired) electrons. The number of aromatic hydroxyl groups is 1. The van der Waals surface area contributed by atoms with Gasteiger partial charge in [-0.15, -0.1) is 0 Å². The monoisotopic (exact) mass is 821 g/mol. The highest BCUT2D eigenvalue weighted by Gasteiger charge is 2.40. The average molecular weight is 822 g/mol. The molecule has 5 rings (SSSR count). The van der Waals surface area contributed by atoms with Gasteiger partial charge in [0.2, 0.25) is 35.4 Å². The lowest BCUT2D eigenvalue weighted by atomic mass is 10.0. The zero-order valence-corrected chi connectivity index (χ0v) is 31.8. The number of benzene rings is 2. The highest BCUT2D eigenvalue weighted by Crippen LogP contribution is 2.21. The maximum absolute atomic E-state index is 14.3. The quantitative estimate of drug-likeness (QED) is 0.0302. The summed E-state index contributed by atoms with van der Waals surface area (Å²) in [5.41, 5.74) is 9.03. The first-order valence-corrected chi connectivity index (χ1v) is 18.9. The molecule has 316 valence electrons. The van der Waals surface area contributed by atoms with Gasteiger partial charge in [0.15, 0.2) is 5.03 Å². The van der Waals surface area contributed by atoms with E-state index < -0.39 is 95.9 Å². The van der Waals surface area contributed by atoms with Crippen LogP contribution < -0.4 is 37.7 Å². The minimum atomic E-state index is -1.58. The first-order valence-electron chi connectivity index (χ1n) is 18.9. The van der Waals surface area contributed by atoms with Gasteiger partial charge in [-0.2, -0.15) is 0 Å². The molecule has 6 amide bonds. The van der Waals surface area contributed by atoms with Gasteiger partial charge >= 0.3 is 0 Å². The molecule has 22 heteroatoms. The largest absolute Gasteiger partial charge is 0.508 e. The van der Waals surface area contributed by atoms with Crippen molar-refractivity contribution in [3.05, 3.63) is 76.0 Å². The number of aliphatic hydroxyl groups is 2. The second-order valence-corrected chi connectivity index (χ2v) is 14.1. The lowest BCUT2D eigenvalue weighted by Gasteiger charge is -2.31. The van der Waals surface area contributed by atoms with Gasteiger partial charge in [-0.05, 0) is 55.0 Å². The number of nitrogens with zero attached hydrogens (tertiary/aromatic N) is 3. The van der Waals surface area contributed by atoms with Crippen LogP contribution in [0.1, 0.15) is 36.8 Å². The Hall–Kier alpha value is -6.81. The molecular weight excluding hydrogens is 774 g/mol. The maximum Gasteiger partial charge on any atom is 0.251 e. The number of hydrogen-bond acceptors (Lipinski definition) is 12. The van der Waals surface area contributed by atoms with E-state index in [1.54, 1.807) is 35.9 Å². The molecule has 2 aromatic carbocycles. The first kappa shape index (κ1) is 43.3. The Balaban J connectivity index is 1.53. The van der Waals surface area contributed by atoms with Gasteiger partial charge < -0.3 is 57.5 Å². The Morgan fingerprint density at radius 1 is 0.814 bits per heavy atom. The van der Waals surface area contributed by atoms with Crippen LogP contribution in [0.2, 0.25) is 0 Å². The van der Waals surface area contributed by atoms with Crippen molar-refractivity contribution in [2.75, 3.05) is 26.3 Å². The lowest BCUT2D eigenvalue weighted by Crippen LogP contribution is -2.62. The number of phenols is 1. The summed E-state index contributed by atoms with van der Waals surface area (Å²) in [7, 11) is 0. The molecule has 0 bridgehead atoms. The second kappa shape index (κ2) is 20.1. The van der Waals surface area contributed by atoms with Gasteiger partial charge in [-0.3, -0.25) is 28.8 Å². The van der Waals surface area contributed by atoms with Crippen molar-refractivity contribution in [3.63, 3.8) is 0 Å². The van der Waals surface area contributed by atoms with Crippen LogP contribution in [0.3, 0.4) is 0 Å². The second-order valence-electron chi connectivity index (χ2n) is 14.1. The Bertz CT molecular complexity index is 2060. The van der Waals surface area contributed by atoms with Crippen LogP contribution in [0, 0.1) is 10.1 Å². The number of hydrazine groups is 1. The number of nitro groups is 1. The number of para-hydroxylation sites is 1. The molecule has 2 aliphatic rings. The third-order valence-electron chi connectivity index (χ3n) is 9.96. The molecule has 2 saturated heterocycles.